The first-order valence-corrected chi connectivity index (χ1v) is 13.0. The first-order chi connectivity index (χ1) is 18.5. The molecule has 0 aliphatic rings. The summed E-state index contributed by atoms with van der Waals surface area (Å²) in [4.78, 5) is 36.8. The second-order valence-electron chi connectivity index (χ2n) is 11.6. The molecule has 2 rings (SSSR count). The average molecular weight is 560 g/mol. The molecule has 0 aliphatic heterocycles. The summed E-state index contributed by atoms with van der Waals surface area (Å²) in [5.41, 5.74) is 3.41. The van der Waals surface area contributed by atoms with Crippen LogP contribution in [0.3, 0.4) is 0 Å². The van der Waals surface area contributed by atoms with E-state index in [2.05, 4.69) is 0 Å². The van der Waals surface area contributed by atoms with Gasteiger partial charge in [-0.25, -0.2) is 9.59 Å². The quantitative estimate of drug-likeness (QED) is 0.174. The predicted octanol–water partition coefficient (Wildman–Crippen LogP) is 4.22. The highest BCUT2D eigenvalue weighted by Gasteiger charge is 2.48. The van der Waals surface area contributed by atoms with Crippen LogP contribution in [0.15, 0.2) is 48.5 Å². The minimum absolute atomic E-state index is 0.106. The Bertz CT molecular complexity index is 1150. The summed E-state index contributed by atoms with van der Waals surface area (Å²) in [5, 5.41) is 19.6. The first-order valence-electron chi connectivity index (χ1n) is 13.0. The monoisotopic (exact) mass is 559 g/mol. The van der Waals surface area contributed by atoms with Crippen LogP contribution >= 0.6 is 0 Å². The maximum Gasteiger partial charge on any atom is 0.338 e. The number of carbonyl (C=O) groups excluding carboxylic acids is 1. The number of carboxylic acid groups (broad SMARTS) is 2. The van der Waals surface area contributed by atoms with Crippen LogP contribution in [-0.2, 0) is 36.9 Å². The van der Waals surface area contributed by atoms with Gasteiger partial charge in [-0.1, -0.05) is 36.4 Å². The Morgan fingerprint density at radius 1 is 0.850 bits per heavy atom. The van der Waals surface area contributed by atoms with E-state index in [4.69, 9.17) is 24.7 Å². The van der Waals surface area contributed by atoms with Gasteiger partial charge in [0, 0.05) is 6.42 Å². The highest BCUT2D eigenvalue weighted by Crippen LogP contribution is 2.33. The summed E-state index contributed by atoms with van der Waals surface area (Å²) in [6.07, 6.45) is -0.773. The maximum atomic E-state index is 12.6. The molecule has 0 saturated heterocycles. The number of rotatable bonds is 14. The highest BCUT2D eigenvalue weighted by molar-refractivity contribution is 6.04. The van der Waals surface area contributed by atoms with E-state index in [9.17, 15) is 24.6 Å². The Hall–Kier alpha value is -3.63. The van der Waals surface area contributed by atoms with Crippen LogP contribution in [0.2, 0.25) is 0 Å². The van der Waals surface area contributed by atoms with Crippen LogP contribution < -0.4 is 15.2 Å². The van der Waals surface area contributed by atoms with E-state index < -0.39 is 47.0 Å². The van der Waals surface area contributed by atoms with E-state index in [1.165, 1.54) is 0 Å². The van der Waals surface area contributed by atoms with E-state index in [0.29, 0.717) is 30.3 Å². The zero-order valence-corrected chi connectivity index (χ0v) is 24.1. The van der Waals surface area contributed by atoms with Gasteiger partial charge in [0.25, 0.3) is 0 Å². The Kier molecular flexibility index (Phi) is 11.1. The van der Waals surface area contributed by atoms with Gasteiger partial charge in [-0.2, -0.15) is 0 Å². The van der Waals surface area contributed by atoms with Gasteiger partial charge in [0.15, 0.2) is 11.5 Å². The third-order valence-corrected chi connectivity index (χ3v) is 5.57. The van der Waals surface area contributed by atoms with E-state index in [-0.39, 0.29) is 13.0 Å². The molecule has 0 bridgehead atoms. The molecule has 0 spiro atoms. The summed E-state index contributed by atoms with van der Waals surface area (Å²) >= 11 is 0. The van der Waals surface area contributed by atoms with Crippen molar-refractivity contribution in [1.82, 2.24) is 0 Å². The molecule has 0 radical (unpaired) electrons. The van der Waals surface area contributed by atoms with Crippen molar-refractivity contribution in [3.8, 4) is 11.5 Å². The summed E-state index contributed by atoms with van der Waals surface area (Å²) in [6, 6.07) is 14.7. The second kappa shape index (κ2) is 13.6. The van der Waals surface area contributed by atoms with E-state index in [0.717, 1.165) is 5.56 Å². The third-order valence-electron chi connectivity index (χ3n) is 5.57. The van der Waals surface area contributed by atoms with Crippen molar-refractivity contribution in [3.05, 3.63) is 59.7 Å². The molecule has 10 heteroatoms. The fourth-order valence-electron chi connectivity index (χ4n) is 3.73. The van der Waals surface area contributed by atoms with Crippen molar-refractivity contribution >= 4 is 17.9 Å². The van der Waals surface area contributed by atoms with Crippen molar-refractivity contribution in [1.29, 1.82) is 0 Å². The van der Waals surface area contributed by atoms with Crippen molar-refractivity contribution < 1.29 is 43.5 Å². The molecule has 0 heterocycles. The molecule has 0 aromatic heterocycles. The number of carbonyl (C=O) groups is 3. The molecule has 2 aromatic carbocycles. The Balaban J connectivity index is 2.18. The van der Waals surface area contributed by atoms with Crippen molar-refractivity contribution in [2.45, 2.75) is 77.7 Å². The van der Waals surface area contributed by atoms with Gasteiger partial charge in [-0.15, -0.1) is 0 Å². The standard InChI is InChI=1S/C30H41NO9/c1-28(2,3)39-24-17-21(12-13-23(24)38-15-14-37-19-20-10-8-7-9-11-20)16-22(25(32)33)18-30(31,26(34)35)27(36)40-29(4,5)6/h7-13,17,22H,14-16,18-19,31H2,1-6H3,(H,32,33)(H,34,35)/t22-,30+/m0/s1. The molecular formula is C30H41NO9. The van der Waals surface area contributed by atoms with Gasteiger partial charge < -0.3 is 34.9 Å². The molecule has 220 valence electrons. The predicted molar refractivity (Wildman–Crippen MR) is 148 cm³/mol. The van der Waals surface area contributed by atoms with Gasteiger partial charge in [0.05, 0.1) is 19.1 Å². The number of carboxylic acids is 2. The first kappa shape index (κ1) is 32.6. The lowest BCUT2D eigenvalue weighted by Gasteiger charge is -2.30. The van der Waals surface area contributed by atoms with E-state index in [1.54, 1.807) is 39.0 Å². The molecule has 2 aromatic rings. The molecule has 0 saturated carbocycles. The van der Waals surface area contributed by atoms with Crippen LogP contribution in [0.1, 0.15) is 59.1 Å². The number of aliphatic carboxylic acids is 2. The van der Waals surface area contributed by atoms with Gasteiger partial charge in [-0.3, -0.25) is 4.79 Å². The molecule has 2 atom stereocenters. The van der Waals surface area contributed by atoms with E-state index >= 15 is 0 Å². The third kappa shape index (κ3) is 10.5. The van der Waals surface area contributed by atoms with Crippen LogP contribution in [0.4, 0.5) is 0 Å². The lowest BCUT2D eigenvalue weighted by atomic mass is 9.84. The minimum atomic E-state index is -2.54. The maximum absolute atomic E-state index is 12.6. The molecule has 0 fully saturated rings. The van der Waals surface area contributed by atoms with Crippen molar-refractivity contribution in [2.24, 2.45) is 11.7 Å². The lowest BCUT2D eigenvalue weighted by Crippen LogP contribution is -2.58. The fourth-order valence-corrected chi connectivity index (χ4v) is 3.73. The van der Waals surface area contributed by atoms with E-state index in [1.807, 2.05) is 51.1 Å². The van der Waals surface area contributed by atoms with Crippen LogP contribution in [0.5, 0.6) is 11.5 Å². The Morgan fingerprint density at radius 3 is 2.05 bits per heavy atom. The summed E-state index contributed by atoms with van der Waals surface area (Å²) in [7, 11) is 0. The zero-order valence-electron chi connectivity index (χ0n) is 24.1. The molecule has 0 amide bonds. The van der Waals surface area contributed by atoms with Crippen LogP contribution in [-0.4, -0.2) is 58.1 Å². The molecule has 40 heavy (non-hydrogen) atoms. The Labute approximate surface area is 235 Å². The van der Waals surface area contributed by atoms with Crippen molar-refractivity contribution in [2.75, 3.05) is 13.2 Å². The topological polar surface area (TPSA) is 155 Å². The van der Waals surface area contributed by atoms with Gasteiger partial charge in [0.1, 0.15) is 17.8 Å². The Morgan fingerprint density at radius 2 is 1.50 bits per heavy atom. The molecule has 4 N–H and O–H groups in total. The summed E-state index contributed by atoms with van der Waals surface area (Å²) in [5.74, 6) is -4.62. The molecule has 0 unspecified atom stereocenters. The number of esters is 1. The second-order valence-corrected chi connectivity index (χ2v) is 11.6. The summed E-state index contributed by atoms with van der Waals surface area (Å²) < 4.78 is 22.8. The van der Waals surface area contributed by atoms with Crippen LogP contribution in [0, 0.1) is 5.92 Å². The van der Waals surface area contributed by atoms with Gasteiger partial charge in [0.2, 0.25) is 5.54 Å². The lowest BCUT2D eigenvalue weighted by molar-refractivity contribution is -0.170. The average Bonchev–Trinajstić information content (AvgIpc) is 2.82. The van der Waals surface area contributed by atoms with Crippen molar-refractivity contribution in [3.63, 3.8) is 0 Å². The number of benzene rings is 2. The molecular weight excluding hydrogens is 518 g/mol. The highest BCUT2D eigenvalue weighted by atomic mass is 16.6. The SMILES string of the molecule is CC(C)(C)OC(=O)[C@@](N)(C[C@H](Cc1ccc(OCCOCc2ccccc2)c(OC(C)(C)C)c1)C(=O)O)C(=O)O. The zero-order chi connectivity index (χ0) is 30.1. The minimum Gasteiger partial charge on any atom is -0.487 e. The van der Waals surface area contributed by atoms with Crippen LogP contribution in [0.25, 0.3) is 0 Å². The molecule has 10 nitrogen and oxygen atoms in total. The fraction of sp³-hybridized carbons (Fsp3) is 0.500. The van der Waals surface area contributed by atoms with Gasteiger partial charge in [-0.05, 0) is 71.2 Å². The normalized spacial score (nSPS) is 14.1. The number of hydrogen-bond donors (Lipinski definition) is 3. The summed E-state index contributed by atoms with van der Waals surface area (Å²) in [6.45, 7) is 11.3. The number of ether oxygens (including phenoxy) is 4. The molecule has 0 aliphatic carbocycles. The number of hydrogen-bond acceptors (Lipinski definition) is 8. The van der Waals surface area contributed by atoms with Gasteiger partial charge >= 0.3 is 17.9 Å². The smallest absolute Gasteiger partial charge is 0.338 e. The largest absolute Gasteiger partial charge is 0.487 e. The number of nitrogens with two attached hydrogens (primary N) is 1.